The van der Waals surface area contributed by atoms with Crippen molar-refractivity contribution in [1.82, 2.24) is 5.32 Å². The molecule has 2 N–H and O–H groups in total. The zero-order valence-electron chi connectivity index (χ0n) is 13.0. The van der Waals surface area contributed by atoms with Gasteiger partial charge in [0.15, 0.2) is 0 Å². The Labute approximate surface area is 126 Å². The van der Waals surface area contributed by atoms with Crippen molar-refractivity contribution in [2.45, 2.75) is 52.0 Å². The first-order chi connectivity index (χ1) is 9.90. The summed E-state index contributed by atoms with van der Waals surface area (Å²) >= 11 is 0. The third-order valence-electron chi connectivity index (χ3n) is 3.51. The molecule has 0 heterocycles. The van der Waals surface area contributed by atoms with E-state index in [4.69, 9.17) is 5.11 Å². The SMILES string of the molecule is CC(C)C[C@H](NC(=O)CCC(C)c1ccccc1)C(=O)O. The minimum atomic E-state index is -0.965. The van der Waals surface area contributed by atoms with Gasteiger partial charge < -0.3 is 10.4 Å². The molecule has 1 unspecified atom stereocenters. The van der Waals surface area contributed by atoms with Gasteiger partial charge in [0.05, 0.1) is 0 Å². The molecule has 0 radical (unpaired) electrons. The number of carbonyl (C=O) groups excluding carboxylic acids is 1. The van der Waals surface area contributed by atoms with Crippen LogP contribution in [0.2, 0.25) is 0 Å². The van der Waals surface area contributed by atoms with Gasteiger partial charge in [-0.25, -0.2) is 4.79 Å². The standard InChI is InChI=1S/C17H25NO3/c1-12(2)11-15(17(20)21)18-16(19)10-9-13(3)14-7-5-4-6-8-14/h4-8,12-13,15H,9-11H2,1-3H3,(H,18,19)(H,20,21)/t13?,15-/m0/s1. The van der Waals surface area contributed by atoms with E-state index in [1.165, 1.54) is 5.56 Å². The van der Waals surface area contributed by atoms with Gasteiger partial charge in [-0.2, -0.15) is 0 Å². The summed E-state index contributed by atoms with van der Waals surface area (Å²) in [6.45, 7) is 5.96. The molecular weight excluding hydrogens is 266 g/mol. The second-order valence-electron chi connectivity index (χ2n) is 5.94. The smallest absolute Gasteiger partial charge is 0.326 e. The van der Waals surface area contributed by atoms with E-state index in [9.17, 15) is 9.59 Å². The molecule has 21 heavy (non-hydrogen) atoms. The van der Waals surface area contributed by atoms with Crippen LogP contribution in [0.15, 0.2) is 30.3 Å². The normalized spacial score (nSPS) is 13.7. The maximum absolute atomic E-state index is 11.9. The van der Waals surface area contributed by atoms with Crippen LogP contribution in [0, 0.1) is 5.92 Å². The van der Waals surface area contributed by atoms with Crippen molar-refractivity contribution in [1.29, 1.82) is 0 Å². The number of benzene rings is 1. The van der Waals surface area contributed by atoms with Crippen LogP contribution >= 0.6 is 0 Å². The molecule has 1 amide bonds. The highest BCUT2D eigenvalue weighted by Crippen LogP contribution is 2.20. The third kappa shape index (κ3) is 6.43. The Morgan fingerprint density at radius 3 is 2.29 bits per heavy atom. The second-order valence-corrected chi connectivity index (χ2v) is 5.94. The molecule has 0 saturated carbocycles. The van der Waals surface area contributed by atoms with Crippen LogP contribution in [0.25, 0.3) is 0 Å². The van der Waals surface area contributed by atoms with E-state index in [2.05, 4.69) is 12.2 Å². The van der Waals surface area contributed by atoms with Gasteiger partial charge in [0.1, 0.15) is 6.04 Å². The lowest BCUT2D eigenvalue weighted by atomic mass is 9.96. The molecule has 1 aromatic rings. The van der Waals surface area contributed by atoms with E-state index < -0.39 is 12.0 Å². The van der Waals surface area contributed by atoms with Crippen molar-refractivity contribution in [3.8, 4) is 0 Å². The number of hydrogen-bond acceptors (Lipinski definition) is 2. The minimum absolute atomic E-state index is 0.189. The number of carboxylic acids is 1. The number of amides is 1. The molecule has 4 nitrogen and oxygen atoms in total. The van der Waals surface area contributed by atoms with Gasteiger partial charge in [-0.3, -0.25) is 4.79 Å². The van der Waals surface area contributed by atoms with Crippen LogP contribution in [0.4, 0.5) is 0 Å². The van der Waals surface area contributed by atoms with Crippen molar-refractivity contribution >= 4 is 11.9 Å². The van der Waals surface area contributed by atoms with Gasteiger partial charge >= 0.3 is 5.97 Å². The van der Waals surface area contributed by atoms with Crippen molar-refractivity contribution in [2.24, 2.45) is 5.92 Å². The summed E-state index contributed by atoms with van der Waals surface area (Å²) in [7, 11) is 0. The molecule has 4 heteroatoms. The molecule has 0 aromatic heterocycles. The molecule has 0 fully saturated rings. The van der Waals surface area contributed by atoms with Gasteiger partial charge in [-0.1, -0.05) is 51.1 Å². The van der Waals surface area contributed by atoms with Gasteiger partial charge in [-0.15, -0.1) is 0 Å². The largest absolute Gasteiger partial charge is 0.480 e. The van der Waals surface area contributed by atoms with Crippen LogP contribution in [0.1, 0.15) is 51.5 Å². The maximum Gasteiger partial charge on any atom is 0.326 e. The maximum atomic E-state index is 11.9. The van der Waals surface area contributed by atoms with Crippen molar-refractivity contribution in [3.63, 3.8) is 0 Å². The number of aliphatic carboxylic acids is 1. The summed E-state index contributed by atoms with van der Waals surface area (Å²) in [6.07, 6.45) is 1.51. The Morgan fingerprint density at radius 1 is 1.14 bits per heavy atom. The zero-order valence-corrected chi connectivity index (χ0v) is 13.0. The lowest BCUT2D eigenvalue weighted by Gasteiger charge is -2.17. The lowest BCUT2D eigenvalue weighted by Crippen LogP contribution is -2.41. The molecule has 0 saturated heterocycles. The Kier molecular flexibility index (Phi) is 6.92. The fraction of sp³-hybridized carbons (Fsp3) is 0.529. The van der Waals surface area contributed by atoms with Gasteiger partial charge in [0.2, 0.25) is 5.91 Å². The van der Waals surface area contributed by atoms with Gasteiger partial charge in [0.25, 0.3) is 0 Å². The minimum Gasteiger partial charge on any atom is -0.480 e. The average molecular weight is 291 g/mol. The topological polar surface area (TPSA) is 66.4 Å². The highest BCUT2D eigenvalue weighted by molar-refractivity contribution is 5.83. The van der Waals surface area contributed by atoms with Crippen molar-refractivity contribution in [3.05, 3.63) is 35.9 Å². The molecule has 0 bridgehead atoms. The summed E-state index contributed by atoms with van der Waals surface area (Å²) in [5.41, 5.74) is 1.20. The fourth-order valence-corrected chi connectivity index (χ4v) is 2.26. The number of rotatable bonds is 8. The Bertz CT molecular complexity index is 456. The summed E-state index contributed by atoms with van der Waals surface area (Å²) in [5.74, 6) is -0.640. The molecule has 116 valence electrons. The molecule has 0 aliphatic carbocycles. The first-order valence-corrected chi connectivity index (χ1v) is 7.47. The quantitative estimate of drug-likeness (QED) is 0.773. The number of hydrogen-bond donors (Lipinski definition) is 2. The number of carbonyl (C=O) groups is 2. The lowest BCUT2D eigenvalue weighted by molar-refractivity contribution is -0.142. The first-order valence-electron chi connectivity index (χ1n) is 7.47. The third-order valence-corrected chi connectivity index (χ3v) is 3.51. The zero-order chi connectivity index (χ0) is 15.8. The summed E-state index contributed by atoms with van der Waals surface area (Å²) in [4.78, 5) is 23.0. The molecule has 0 spiro atoms. The molecule has 0 aliphatic heterocycles. The highest BCUT2D eigenvalue weighted by Gasteiger charge is 2.21. The Morgan fingerprint density at radius 2 is 1.76 bits per heavy atom. The molecule has 2 atom stereocenters. The number of carboxylic acid groups (broad SMARTS) is 1. The van der Waals surface area contributed by atoms with Gasteiger partial charge in [-0.05, 0) is 30.2 Å². The Hall–Kier alpha value is -1.84. The predicted molar refractivity (Wildman–Crippen MR) is 83.1 cm³/mol. The monoisotopic (exact) mass is 291 g/mol. The average Bonchev–Trinajstić information content (AvgIpc) is 2.44. The van der Waals surface area contributed by atoms with E-state index in [0.29, 0.717) is 19.3 Å². The first kappa shape index (κ1) is 17.2. The van der Waals surface area contributed by atoms with Crippen LogP contribution in [0.3, 0.4) is 0 Å². The number of nitrogens with one attached hydrogen (secondary N) is 1. The van der Waals surface area contributed by atoms with Crippen molar-refractivity contribution < 1.29 is 14.7 Å². The van der Waals surface area contributed by atoms with E-state index in [1.54, 1.807) is 0 Å². The van der Waals surface area contributed by atoms with Crippen LogP contribution in [-0.2, 0) is 9.59 Å². The van der Waals surface area contributed by atoms with Crippen LogP contribution in [-0.4, -0.2) is 23.0 Å². The highest BCUT2D eigenvalue weighted by atomic mass is 16.4. The van der Waals surface area contributed by atoms with Crippen LogP contribution in [0.5, 0.6) is 0 Å². The predicted octanol–water partition coefficient (Wildman–Crippen LogP) is 3.19. The molecule has 0 aliphatic rings. The van der Waals surface area contributed by atoms with E-state index in [1.807, 2.05) is 44.2 Å². The summed E-state index contributed by atoms with van der Waals surface area (Å²) in [6, 6.07) is 9.23. The molecule has 1 aromatic carbocycles. The summed E-state index contributed by atoms with van der Waals surface area (Å²) in [5, 5.41) is 11.7. The summed E-state index contributed by atoms with van der Waals surface area (Å²) < 4.78 is 0. The molecule has 1 rings (SSSR count). The second kappa shape index (κ2) is 8.45. The fourth-order valence-electron chi connectivity index (χ4n) is 2.26. The van der Waals surface area contributed by atoms with Gasteiger partial charge in [0, 0.05) is 6.42 Å². The van der Waals surface area contributed by atoms with E-state index in [0.717, 1.165) is 0 Å². The Balaban J connectivity index is 2.44. The van der Waals surface area contributed by atoms with Crippen molar-refractivity contribution in [2.75, 3.05) is 0 Å². The van der Waals surface area contributed by atoms with E-state index >= 15 is 0 Å². The van der Waals surface area contributed by atoms with E-state index in [-0.39, 0.29) is 17.7 Å². The molecular formula is C17H25NO3. The van der Waals surface area contributed by atoms with Crippen LogP contribution < -0.4 is 5.32 Å².